The van der Waals surface area contributed by atoms with Crippen LogP contribution in [0.1, 0.15) is 58.8 Å². The van der Waals surface area contributed by atoms with Crippen LogP contribution in [-0.4, -0.2) is 12.6 Å². The second kappa shape index (κ2) is 13.0. The number of rotatable bonds is 10. The molecular weight excluding hydrogens is 212 g/mol. The van der Waals surface area contributed by atoms with E-state index in [4.69, 9.17) is 4.74 Å². The third-order valence-electron chi connectivity index (χ3n) is 2.51. The van der Waals surface area contributed by atoms with E-state index in [2.05, 4.69) is 6.92 Å². The molecule has 98 valence electrons. The van der Waals surface area contributed by atoms with E-state index in [1.807, 2.05) is 31.2 Å². The smallest absolute Gasteiger partial charge is 0.306 e. The summed E-state index contributed by atoms with van der Waals surface area (Å²) in [5.41, 5.74) is 0. The molecule has 0 fully saturated rings. The van der Waals surface area contributed by atoms with Gasteiger partial charge in [0.1, 0.15) is 6.61 Å². The average Bonchev–Trinajstić information content (AvgIpc) is 2.33. The second-order valence-electron chi connectivity index (χ2n) is 4.15. The molecule has 0 atom stereocenters. The van der Waals surface area contributed by atoms with Gasteiger partial charge in [-0.25, -0.2) is 0 Å². The molecule has 0 N–H and O–H groups in total. The molecule has 0 radical (unpaired) electrons. The standard InChI is InChI=1S/C15H26O2/c1-3-5-7-9-10-11-13-15(16)17-14-12-8-6-4-2/h4,6,8,12H,3,5,7,9-11,13-14H2,1-2H3/b6-4-,12-8+. The second-order valence-corrected chi connectivity index (χ2v) is 4.15. The lowest BCUT2D eigenvalue weighted by Crippen LogP contribution is -2.03. The average molecular weight is 238 g/mol. The van der Waals surface area contributed by atoms with E-state index >= 15 is 0 Å². The number of carbonyl (C=O) groups is 1. The minimum atomic E-state index is -0.0781. The Balaban J connectivity index is 3.29. The number of unbranched alkanes of at least 4 members (excludes halogenated alkanes) is 5. The molecule has 0 spiro atoms. The third kappa shape index (κ3) is 12.9. The molecule has 0 aliphatic rings. The van der Waals surface area contributed by atoms with Gasteiger partial charge in [0.05, 0.1) is 0 Å². The predicted octanol–water partition coefficient (Wildman–Crippen LogP) is 4.41. The van der Waals surface area contributed by atoms with Gasteiger partial charge in [0.15, 0.2) is 0 Å². The first-order valence-electron chi connectivity index (χ1n) is 6.74. The maximum absolute atomic E-state index is 11.3. The lowest BCUT2D eigenvalue weighted by Gasteiger charge is -2.02. The highest BCUT2D eigenvalue weighted by molar-refractivity contribution is 5.69. The molecule has 0 saturated carbocycles. The lowest BCUT2D eigenvalue weighted by molar-refractivity contribution is -0.142. The van der Waals surface area contributed by atoms with Crippen molar-refractivity contribution in [2.75, 3.05) is 6.61 Å². The van der Waals surface area contributed by atoms with Crippen LogP contribution in [0.4, 0.5) is 0 Å². The Kier molecular flexibility index (Phi) is 12.2. The first-order valence-corrected chi connectivity index (χ1v) is 6.74. The van der Waals surface area contributed by atoms with Gasteiger partial charge in [-0.2, -0.15) is 0 Å². The van der Waals surface area contributed by atoms with E-state index in [1.54, 1.807) is 0 Å². The largest absolute Gasteiger partial charge is 0.461 e. The summed E-state index contributed by atoms with van der Waals surface area (Å²) in [7, 11) is 0. The summed E-state index contributed by atoms with van der Waals surface area (Å²) in [6.45, 7) is 4.55. The van der Waals surface area contributed by atoms with Crippen LogP contribution in [-0.2, 0) is 9.53 Å². The molecule has 0 aromatic heterocycles. The summed E-state index contributed by atoms with van der Waals surface area (Å²) < 4.78 is 5.06. The van der Waals surface area contributed by atoms with Gasteiger partial charge in [-0.3, -0.25) is 4.79 Å². The van der Waals surface area contributed by atoms with Crippen LogP contribution in [0.5, 0.6) is 0 Å². The van der Waals surface area contributed by atoms with E-state index in [0.29, 0.717) is 13.0 Å². The first kappa shape index (κ1) is 16.0. The van der Waals surface area contributed by atoms with Gasteiger partial charge in [0, 0.05) is 6.42 Å². The Morgan fingerprint density at radius 3 is 2.47 bits per heavy atom. The number of ether oxygens (including phenoxy) is 1. The quantitative estimate of drug-likeness (QED) is 0.320. The van der Waals surface area contributed by atoms with Crippen LogP contribution < -0.4 is 0 Å². The number of hydrogen-bond donors (Lipinski definition) is 0. The summed E-state index contributed by atoms with van der Waals surface area (Å²) in [5.74, 6) is -0.0781. The SMILES string of the molecule is C/C=C\C=C\COC(=O)CCCCCCCC. The Bertz CT molecular complexity index is 229. The van der Waals surface area contributed by atoms with E-state index in [-0.39, 0.29) is 5.97 Å². The Morgan fingerprint density at radius 1 is 1.06 bits per heavy atom. The number of allylic oxidation sites excluding steroid dienone is 3. The van der Waals surface area contributed by atoms with E-state index in [0.717, 1.165) is 12.8 Å². The summed E-state index contributed by atoms with van der Waals surface area (Å²) in [5, 5.41) is 0. The molecule has 0 amide bonds. The van der Waals surface area contributed by atoms with Gasteiger partial charge in [-0.1, -0.05) is 57.3 Å². The summed E-state index contributed by atoms with van der Waals surface area (Å²) in [6.07, 6.45) is 15.3. The fourth-order valence-corrected chi connectivity index (χ4v) is 1.51. The molecule has 17 heavy (non-hydrogen) atoms. The minimum Gasteiger partial charge on any atom is -0.461 e. The highest BCUT2D eigenvalue weighted by atomic mass is 16.5. The molecule has 2 heteroatoms. The normalized spacial score (nSPS) is 11.4. The molecule has 0 aromatic rings. The monoisotopic (exact) mass is 238 g/mol. The Hall–Kier alpha value is -1.05. The van der Waals surface area contributed by atoms with Gasteiger partial charge >= 0.3 is 5.97 Å². The van der Waals surface area contributed by atoms with Crippen LogP contribution >= 0.6 is 0 Å². The van der Waals surface area contributed by atoms with Crippen molar-refractivity contribution in [1.82, 2.24) is 0 Å². The molecule has 0 heterocycles. The molecule has 0 saturated heterocycles. The Labute approximate surface area is 106 Å². The summed E-state index contributed by atoms with van der Waals surface area (Å²) in [6, 6.07) is 0. The fourth-order valence-electron chi connectivity index (χ4n) is 1.51. The van der Waals surface area contributed by atoms with Crippen molar-refractivity contribution < 1.29 is 9.53 Å². The summed E-state index contributed by atoms with van der Waals surface area (Å²) in [4.78, 5) is 11.3. The summed E-state index contributed by atoms with van der Waals surface area (Å²) >= 11 is 0. The van der Waals surface area contributed by atoms with E-state index < -0.39 is 0 Å². The van der Waals surface area contributed by atoms with Crippen molar-refractivity contribution >= 4 is 5.97 Å². The topological polar surface area (TPSA) is 26.3 Å². The zero-order valence-corrected chi connectivity index (χ0v) is 11.3. The first-order chi connectivity index (χ1) is 8.31. The molecular formula is C15H26O2. The van der Waals surface area contributed by atoms with Crippen molar-refractivity contribution in [2.45, 2.75) is 58.8 Å². The van der Waals surface area contributed by atoms with Crippen LogP contribution in [0, 0.1) is 0 Å². The highest BCUT2D eigenvalue weighted by Crippen LogP contribution is 2.07. The van der Waals surface area contributed by atoms with Crippen molar-refractivity contribution in [3.63, 3.8) is 0 Å². The molecule has 0 bridgehead atoms. The fraction of sp³-hybridized carbons (Fsp3) is 0.667. The van der Waals surface area contributed by atoms with Crippen LogP contribution in [0.15, 0.2) is 24.3 Å². The van der Waals surface area contributed by atoms with Gasteiger partial charge in [-0.15, -0.1) is 0 Å². The lowest BCUT2D eigenvalue weighted by atomic mass is 10.1. The number of carbonyl (C=O) groups excluding carboxylic acids is 1. The van der Waals surface area contributed by atoms with Gasteiger partial charge < -0.3 is 4.74 Å². The van der Waals surface area contributed by atoms with Crippen molar-refractivity contribution in [1.29, 1.82) is 0 Å². The molecule has 0 aromatic carbocycles. The van der Waals surface area contributed by atoms with Crippen molar-refractivity contribution in [3.05, 3.63) is 24.3 Å². The number of hydrogen-bond acceptors (Lipinski definition) is 2. The van der Waals surface area contributed by atoms with Crippen molar-refractivity contribution in [3.8, 4) is 0 Å². The van der Waals surface area contributed by atoms with E-state index in [1.165, 1.54) is 25.7 Å². The zero-order valence-electron chi connectivity index (χ0n) is 11.3. The zero-order chi connectivity index (χ0) is 12.8. The maximum Gasteiger partial charge on any atom is 0.306 e. The molecule has 0 unspecified atom stereocenters. The molecule has 0 aliphatic heterocycles. The maximum atomic E-state index is 11.3. The van der Waals surface area contributed by atoms with Crippen LogP contribution in [0.2, 0.25) is 0 Å². The van der Waals surface area contributed by atoms with Gasteiger partial charge in [0.25, 0.3) is 0 Å². The molecule has 0 aliphatic carbocycles. The Morgan fingerprint density at radius 2 is 1.76 bits per heavy atom. The van der Waals surface area contributed by atoms with Crippen LogP contribution in [0.3, 0.4) is 0 Å². The van der Waals surface area contributed by atoms with Crippen LogP contribution in [0.25, 0.3) is 0 Å². The van der Waals surface area contributed by atoms with Gasteiger partial charge in [0.2, 0.25) is 0 Å². The van der Waals surface area contributed by atoms with Crippen molar-refractivity contribution in [2.24, 2.45) is 0 Å². The number of esters is 1. The third-order valence-corrected chi connectivity index (χ3v) is 2.51. The molecule has 2 nitrogen and oxygen atoms in total. The van der Waals surface area contributed by atoms with Gasteiger partial charge in [-0.05, 0) is 19.4 Å². The minimum absolute atomic E-state index is 0.0781. The van der Waals surface area contributed by atoms with E-state index in [9.17, 15) is 4.79 Å². The molecule has 0 rings (SSSR count). The predicted molar refractivity (Wildman–Crippen MR) is 72.9 cm³/mol. The highest BCUT2D eigenvalue weighted by Gasteiger charge is 2.00.